The molecule has 2 aromatic rings. The maximum absolute atomic E-state index is 5.88. The molecule has 1 heterocycles. The molecule has 0 spiro atoms. The summed E-state index contributed by atoms with van der Waals surface area (Å²) < 4.78 is 11.7. The average molecular weight is 333 g/mol. The van der Waals surface area contributed by atoms with E-state index in [2.05, 4.69) is 34.1 Å². The number of halogens is 1. The minimum Gasteiger partial charge on any atom is -0.490 e. The summed E-state index contributed by atoms with van der Waals surface area (Å²) >= 11 is 3.46. The van der Waals surface area contributed by atoms with E-state index in [0.29, 0.717) is 12.7 Å². The molecule has 0 amide bonds. The molecule has 0 radical (unpaired) electrons. The maximum Gasteiger partial charge on any atom is 0.123 e. The maximum atomic E-state index is 5.88. The van der Waals surface area contributed by atoms with Crippen molar-refractivity contribution in [3.63, 3.8) is 0 Å². The van der Waals surface area contributed by atoms with E-state index in [1.807, 2.05) is 30.3 Å². The Morgan fingerprint density at radius 1 is 1.15 bits per heavy atom. The molecule has 1 atom stereocenters. The van der Waals surface area contributed by atoms with E-state index in [1.54, 1.807) is 0 Å². The summed E-state index contributed by atoms with van der Waals surface area (Å²) in [6.45, 7) is 0.602. The molecule has 104 valence electrons. The zero-order valence-corrected chi connectivity index (χ0v) is 12.8. The fourth-order valence-electron chi connectivity index (χ4n) is 2.41. The fourth-order valence-corrected chi connectivity index (χ4v) is 2.92. The fraction of sp³-hybridized carbons (Fsp3) is 0.294. The Kier molecular flexibility index (Phi) is 4.26. The summed E-state index contributed by atoms with van der Waals surface area (Å²) in [5, 5.41) is 0.975. The van der Waals surface area contributed by atoms with Gasteiger partial charge in [-0.3, -0.25) is 0 Å². The lowest BCUT2D eigenvalue weighted by Crippen LogP contribution is -2.12. The van der Waals surface area contributed by atoms with E-state index >= 15 is 0 Å². The molecular weight excluding hydrogens is 316 g/mol. The highest BCUT2D eigenvalue weighted by molar-refractivity contribution is 9.09. The third-order valence-electron chi connectivity index (χ3n) is 3.45. The Balaban J connectivity index is 1.64. The summed E-state index contributed by atoms with van der Waals surface area (Å²) in [5.74, 6) is 1.92. The standard InChI is InChI=1S/C17H17BrO2/c18-9-8-16-11-14-10-15(6-7-17(14)20-16)19-12-13-4-2-1-3-5-13/h1-7,10,16H,8-9,11-12H2. The molecular formula is C17H17BrO2. The topological polar surface area (TPSA) is 18.5 Å². The van der Waals surface area contributed by atoms with E-state index in [0.717, 1.165) is 29.7 Å². The lowest BCUT2D eigenvalue weighted by atomic mass is 10.1. The number of alkyl halides is 1. The smallest absolute Gasteiger partial charge is 0.123 e. The van der Waals surface area contributed by atoms with E-state index in [-0.39, 0.29) is 0 Å². The van der Waals surface area contributed by atoms with Crippen molar-refractivity contribution in [1.29, 1.82) is 0 Å². The first-order valence-electron chi connectivity index (χ1n) is 6.87. The third kappa shape index (κ3) is 3.15. The van der Waals surface area contributed by atoms with Gasteiger partial charge in [0.25, 0.3) is 0 Å². The normalized spacial score (nSPS) is 16.6. The summed E-state index contributed by atoms with van der Waals surface area (Å²) in [5.41, 5.74) is 2.43. The molecule has 0 fully saturated rings. The summed E-state index contributed by atoms with van der Waals surface area (Å²) in [4.78, 5) is 0. The molecule has 2 nitrogen and oxygen atoms in total. The number of ether oxygens (including phenoxy) is 2. The van der Waals surface area contributed by atoms with Crippen LogP contribution in [-0.4, -0.2) is 11.4 Å². The molecule has 0 aliphatic carbocycles. The zero-order chi connectivity index (χ0) is 13.8. The van der Waals surface area contributed by atoms with Crippen molar-refractivity contribution in [3.05, 3.63) is 59.7 Å². The highest BCUT2D eigenvalue weighted by Crippen LogP contribution is 2.33. The monoisotopic (exact) mass is 332 g/mol. The molecule has 2 aromatic carbocycles. The Morgan fingerprint density at radius 2 is 2.00 bits per heavy atom. The van der Waals surface area contributed by atoms with Crippen molar-refractivity contribution in [3.8, 4) is 11.5 Å². The molecule has 1 unspecified atom stereocenters. The van der Waals surface area contributed by atoms with Crippen LogP contribution in [0.5, 0.6) is 11.5 Å². The van der Waals surface area contributed by atoms with Gasteiger partial charge in [-0.05, 0) is 30.2 Å². The number of rotatable bonds is 5. The van der Waals surface area contributed by atoms with Crippen molar-refractivity contribution in [2.45, 2.75) is 25.6 Å². The quantitative estimate of drug-likeness (QED) is 0.757. The predicted octanol–water partition coefficient (Wildman–Crippen LogP) is 4.35. The molecule has 0 aromatic heterocycles. The predicted molar refractivity (Wildman–Crippen MR) is 83.7 cm³/mol. The van der Waals surface area contributed by atoms with E-state index in [4.69, 9.17) is 9.47 Å². The number of hydrogen-bond donors (Lipinski definition) is 0. The van der Waals surface area contributed by atoms with Crippen molar-refractivity contribution in [2.24, 2.45) is 0 Å². The first-order chi connectivity index (χ1) is 9.85. The van der Waals surface area contributed by atoms with Crippen LogP contribution >= 0.6 is 15.9 Å². The van der Waals surface area contributed by atoms with Gasteiger partial charge in [-0.2, -0.15) is 0 Å². The molecule has 1 aliphatic rings. The van der Waals surface area contributed by atoms with Gasteiger partial charge >= 0.3 is 0 Å². The molecule has 1 aliphatic heterocycles. The third-order valence-corrected chi connectivity index (χ3v) is 3.91. The van der Waals surface area contributed by atoms with Gasteiger partial charge in [0.2, 0.25) is 0 Å². The van der Waals surface area contributed by atoms with E-state index in [1.165, 1.54) is 11.1 Å². The molecule has 0 N–H and O–H groups in total. The minimum absolute atomic E-state index is 0.300. The van der Waals surface area contributed by atoms with Crippen molar-refractivity contribution < 1.29 is 9.47 Å². The van der Waals surface area contributed by atoms with Gasteiger partial charge in [-0.15, -0.1) is 0 Å². The van der Waals surface area contributed by atoms with Crippen LogP contribution in [0.4, 0.5) is 0 Å². The Morgan fingerprint density at radius 3 is 2.80 bits per heavy atom. The Bertz CT molecular complexity index is 568. The van der Waals surface area contributed by atoms with Gasteiger partial charge < -0.3 is 9.47 Å². The van der Waals surface area contributed by atoms with Crippen molar-refractivity contribution in [2.75, 3.05) is 5.33 Å². The first-order valence-corrected chi connectivity index (χ1v) is 7.99. The van der Waals surface area contributed by atoms with Crippen LogP contribution in [0.1, 0.15) is 17.5 Å². The van der Waals surface area contributed by atoms with Gasteiger partial charge in [0, 0.05) is 17.3 Å². The molecule has 0 bridgehead atoms. The lowest BCUT2D eigenvalue weighted by Gasteiger charge is -2.08. The Hall–Kier alpha value is -1.48. The van der Waals surface area contributed by atoms with Gasteiger partial charge in [0.1, 0.15) is 24.2 Å². The molecule has 20 heavy (non-hydrogen) atoms. The van der Waals surface area contributed by atoms with E-state index < -0.39 is 0 Å². The summed E-state index contributed by atoms with van der Waals surface area (Å²) in [6, 6.07) is 16.3. The van der Waals surface area contributed by atoms with Crippen LogP contribution in [0.2, 0.25) is 0 Å². The van der Waals surface area contributed by atoms with Gasteiger partial charge in [0.15, 0.2) is 0 Å². The van der Waals surface area contributed by atoms with Crippen LogP contribution < -0.4 is 9.47 Å². The SMILES string of the molecule is BrCCC1Cc2cc(OCc3ccccc3)ccc2O1. The largest absolute Gasteiger partial charge is 0.490 e. The number of hydrogen-bond acceptors (Lipinski definition) is 2. The van der Waals surface area contributed by atoms with Gasteiger partial charge in [-0.1, -0.05) is 46.3 Å². The summed E-state index contributed by atoms with van der Waals surface area (Å²) in [7, 11) is 0. The molecule has 0 saturated heterocycles. The minimum atomic E-state index is 0.300. The highest BCUT2D eigenvalue weighted by Gasteiger charge is 2.22. The van der Waals surface area contributed by atoms with Crippen molar-refractivity contribution >= 4 is 15.9 Å². The molecule has 3 rings (SSSR count). The zero-order valence-electron chi connectivity index (χ0n) is 11.2. The highest BCUT2D eigenvalue weighted by atomic mass is 79.9. The van der Waals surface area contributed by atoms with Gasteiger partial charge in [-0.25, -0.2) is 0 Å². The van der Waals surface area contributed by atoms with Gasteiger partial charge in [0.05, 0.1) is 0 Å². The van der Waals surface area contributed by atoms with Crippen LogP contribution in [0.3, 0.4) is 0 Å². The second-order valence-electron chi connectivity index (χ2n) is 4.97. The van der Waals surface area contributed by atoms with Crippen molar-refractivity contribution in [1.82, 2.24) is 0 Å². The van der Waals surface area contributed by atoms with Crippen LogP contribution in [0.15, 0.2) is 48.5 Å². The summed E-state index contributed by atoms with van der Waals surface area (Å²) in [6.07, 6.45) is 2.31. The average Bonchev–Trinajstić information content (AvgIpc) is 2.88. The van der Waals surface area contributed by atoms with Crippen LogP contribution in [0, 0.1) is 0 Å². The number of fused-ring (bicyclic) bond motifs is 1. The van der Waals surface area contributed by atoms with Crippen LogP contribution in [-0.2, 0) is 13.0 Å². The van der Waals surface area contributed by atoms with E-state index in [9.17, 15) is 0 Å². The second-order valence-corrected chi connectivity index (χ2v) is 5.76. The second kappa shape index (κ2) is 6.31. The first kappa shape index (κ1) is 13.5. The Labute approximate surface area is 127 Å². The number of benzene rings is 2. The van der Waals surface area contributed by atoms with Crippen LogP contribution in [0.25, 0.3) is 0 Å². The molecule has 0 saturated carbocycles. The lowest BCUT2D eigenvalue weighted by molar-refractivity contribution is 0.230. The molecule has 3 heteroatoms.